The van der Waals surface area contributed by atoms with Gasteiger partial charge in [0.2, 0.25) is 0 Å². The first kappa shape index (κ1) is 27.0. The first-order chi connectivity index (χ1) is 15.2. The van der Waals surface area contributed by atoms with Gasteiger partial charge in [-0.15, -0.1) is 24.0 Å². The Labute approximate surface area is 210 Å². The Morgan fingerprint density at radius 1 is 1.19 bits per heavy atom. The smallest absolute Gasteiger partial charge is 0.191 e. The van der Waals surface area contributed by atoms with Crippen molar-refractivity contribution in [1.29, 1.82) is 0 Å². The molecule has 7 nitrogen and oxygen atoms in total. The predicted molar refractivity (Wildman–Crippen MR) is 139 cm³/mol. The number of rotatable bonds is 11. The van der Waals surface area contributed by atoms with Gasteiger partial charge in [-0.3, -0.25) is 0 Å². The van der Waals surface area contributed by atoms with Gasteiger partial charge in [-0.05, 0) is 58.1 Å². The molecule has 1 aromatic carbocycles. The lowest BCUT2D eigenvalue weighted by Crippen LogP contribution is -2.38. The van der Waals surface area contributed by atoms with Crippen molar-refractivity contribution in [3.05, 3.63) is 23.3 Å². The first-order valence-electron chi connectivity index (χ1n) is 11.8. The third-order valence-electron chi connectivity index (χ3n) is 5.58. The third kappa shape index (κ3) is 8.59. The molecule has 1 atom stereocenters. The van der Waals surface area contributed by atoms with Crippen molar-refractivity contribution in [2.45, 2.75) is 59.1 Å². The molecule has 2 aliphatic rings. The second-order valence-electron chi connectivity index (χ2n) is 8.24. The van der Waals surface area contributed by atoms with Gasteiger partial charge in [0.1, 0.15) is 17.6 Å². The Morgan fingerprint density at radius 3 is 2.75 bits per heavy atom. The minimum absolute atomic E-state index is 0. The highest BCUT2D eigenvalue weighted by molar-refractivity contribution is 14.0. The molecule has 32 heavy (non-hydrogen) atoms. The maximum Gasteiger partial charge on any atom is 0.191 e. The van der Waals surface area contributed by atoms with Gasteiger partial charge in [-0.25, -0.2) is 4.99 Å². The largest absolute Gasteiger partial charge is 0.494 e. The number of halogens is 1. The van der Waals surface area contributed by atoms with Gasteiger partial charge in [0, 0.05) is 57.1 Å². The molecule has 0 aromatic heterocycles. The van der Waals surface area contributed by atoms with E-state index in [9.17, 15) is 0 Å². The van der Waals surface area contributed by atoms with Gasteiger partial charge < -0.3 is 29.6 Å². The second-order valence-corrected chi connectivity index (χ2v) is 8.24. The topological polar surface area (TPSA) is 73.3 Å². The van der Waals surface area contributed by atoms with Gasteiger partial charge in [0.25, 0.3) is 0 Å². The summed E-state index contributed by atoms with van der Waals surface area (Å²) in [4.78, 5) is 4.77. The summed E-state index contributed by atoms with van der Waals surface area (Å²) in [5.41, 5.74) is 2.26. The highest BCUT2D eigenvalue weighted by Crippen LogP contribution is 2.35. The van der Waals surface area contributed by atoms with Crippen LogP contribution in [-0.2, 0) is 22.4 Å². The molecule has 0 bridgehead atoms. The molecule has 2 heterocycles. The molecule has 182 valence electrons. The Morgan fingerprint density at radius 2 is 2.00 bits per heavy atom. The van der Waals surface area contributed by atoms with Gasteiger partial charge in [0.15, 0.2) is 5.96 Å². The average Bonchev–Trinajstić information content (AvgIpc) is 3.14. The van der Waals surface area contributed by atoms with Crippen LogP contribution in [0.25, 0.3) is 0 Å². The number of fused-ring (bicyclic) bond motifs is 1. The summed E-state index contributed by atoms with van der Waals surface area (Å²) in [6.07, 6.45) is 4.33. The maximum absolute atomic E-state index is 5.92. The van der Waals surface area contributed by atoms with Crippen molar-refractivity contribution >= 4 is 29.9 Å². The van der Waals surface area contributed by atoms with Crippen molar-refractivity contribution < 1.29 is 18.9 Å². The number of hydrogen-bond donors (Lipinski definition) is 2. The van der Waals surface area contributed by atoms with Crippen LogP contribution in [0.2, 0.25) is 0 Å². The van der Waals surface area contributed by atoms with E-state index in [1.165, 1.54) is 5.56 Å². The van der Waals surface area contributed by atoms with Gasteiger partial charge >= 0.3 is 0 Å². The standard InChI is InChI=1S/C24H39N3O4.HI/c1-4-25-24(26-9-6-10-29-17-19-7-11-28-12-8-19)27-16-21-15-23-20(13-18(3)31-23)14-22(21)30-5-2;/h14-15,18-19H,4-13,16-17H2,1-3H3,(H2,25,26,27);1H. The fourth-order valence-electron chi connectivity index (χ4n) is 3.94. The zero-order chi connectivity index (χ0) is 21.9. The summed E-state index contributed by atoms with van der Waals surface area (Å²) in [5, 5.41) is 6.73. The van der Waals surface area contributed by atoms with E-state index in [1.807, 2.05) is 6.92 Å². The lowest BCUT2D eigenvalue weighted by molar-refractivity contribution is 0.0203. The van der Waals surface area contributed by atoms with Crippen LogP contribution in [-0.4, -0.2) is 58.2 Å². The molecule has 0 spiro atoms. The molecule has 0 aliphatic carbocycles. The first-order valence-corrected chi connectivity index (χ1v) is 11.8. The van der Waals surface area contributed by atoms with Crippen LogP contribution in [0.15, 0.2) is 17.1 Å². The van der Waals surface area contributed by atoms with Crippen LogP contribution in [0.5, 0.6) is 11.5 Å². The summed E-state index contributed by atoms with van der Waals surface area (Å²) >= 11 is 0. The molecular weight excluding hydrogens is 521 g/mol. The monoisotopic (exact) mass is 561 g/mol. The molecule has 2 aliphatic heterocycles. The average molecular weight is 562 g/mol. The molecule has 1 fully saturated rings. The van der Waals surface area contributed by atoms with Crippen LogP contribution < -0.4 is 20.1 Å². The van der Waals surface area contributed by atoms with E-state index < -0.39 is 0 Å². The number of benzene rings is 1. The Kier molecular flexibility index (Phi) is 12.5. The van der Waals surface area contributed by atoms with Crippen LogP contribution in [0.3, 0.4) is 0 Å². The van der Waals surface area contributed by atoms with Crippen molar-refractivity contribution in [3.8, 4) is 11.5 Å². The SMILES string of the molecule is CCNC(=NCc1cc2c(cc1OCC)CC(C)O2)NCCCOCC1CCOCC1.I. The Balaban J connectivity index is 0.00000363. The normalized spacial score (nSPS) is 18.5. The summed E-state index contributed by atoms with van der Waals surface area (Å²) in [5.74, 6) is 3.32. The van der Waals surface area contributed by atoms with Crippen molar-refractivity contribution in [1.82, 2.24) is 10.6 Å². The Bertz CT molecular complexity index is 711. The zero-order valence-corrected chi connectivity index (χ0v) is 22.1. The fraction of sp³-hybridized carbons (Fsp3) is 0.708. The van der Waals surface area contributed by atoms with Crippen LogP contribution in [0, 0.1) is 5.92 Å². The minimum Gasteiger partial charge on any atom is -0.494 e. The number of nitrogens with zero attached hydrogens (tertiary/aromatic N) is 1. The summed E-state index contributed by atoms with van der Waals surface area (Å²) in [6.45, 7) is 12.3. The second kappa shape index (κ2) is 14.8. The zero-order valence-electron chi connectivity index (χ0n) is 19.8. The van der Waals surface area contributed by atoms with E-state index in [0.717, 1.165) is 88.2 Å². The molecule has 1 saturated heterocycles. The minimum atomic E-state index is 0. The van der Waals surface area contributed by atoms with E-state index in [1.54, 1.807) is 0 Å². The maximum atomic E-state index is 5.92. The number of guanidine groups is 1. The summed E-state index contributed by atoms with van der Waals surface area (Å²) in [7, 11) is 0. The van der Waals surface area contributed by atoms with Crippen molar-refractivity contribution in [2.24, 2.45) is 10.9 Å². The molecule has 2 N–H and O–H groups in total. The molecule has 0 amide bonds. The lowest BCUT2D eigenvalue weighted by atomic mass is 10.0. The lowest BCUT2D eigenvalue weighted by Gasteiger charge is -2.21. The molecule has 1 unspecified atom stereocenters. The van der Waals surface area contributed by atoms with Crippen molar-refractivity contribution in [2.75, 3.05) is 46.1 Å². The highest BCUT2D eigenvalue weighted by Gasteiger charge is 2.21. The number of nitrogens with one attached hydrogen (secondary N) is 2. The summed E-state index contributed by atoms with van der Waals surface area (Å²) < 4.78 is 23.0. The van der Waals surface area contributed by atoms with Crippen LogP contribution >= 0.6 is 24.0 Å². The number of aliphatic imine (C=N–C) groups is 1. The molecule has 8 heteroatoms. The molecule has 3 rings (SSSR count). The quantitative estimate of drug-likeness (QED) is 0.185. The summed E-state index contributed by atoms with van der Waals surface area (Å²) in [6, 6.07) is 4.20. The van der Waals surface area contributed by atoms with E-state index in [2.05, 4.69) is 36.6 Å². The Hall–Kier alpha value is -1.26. The number of ether oxygens (including phenoxy) is 4. The predicted octanol–water partition coefficient (Wildman–Crippen LogP) is 3.92. The number of hydrogen-bond acceptors (Lipinski definition) is 5. The van der Waals surface area contributed by atoms with E-state index in [-0.39, 0.29) is 30.1 Å². The molecule has 0 saturated carbocycles. The van der Waals surface area contributed by atoms with E-state index in [0.29, 0.717) is 19.1 Å². The fourth-order valence-corrected chi connectivity index (χ4v) is 3.94. The molecule has 0 radical (unpaired) electrons. The van der Waals surface area contributed by atoms with Crippen LogP contribution in [0.1, 0.15) is 51.2 Å². The molecule has 1 aromatic rings. The van der Waals surface area contributed by atoms with E-state index in [4.69, 9.17) is 23.9 Å². The van der Waals surface area contributed by atoms with Crippen LogP contribution in [0.4, 0.5) is 0 Å². The van der Waals surface area contributed by atoms with Crippen molar-refractivity contribution in [3.63, 3.8) is 0 Å². The third-order valence-corrected chi connectivity index (χ3v) is 5.58. The van der Waals surface area contributed by atoms with E-state index >= 15 is 0 Å². The van der Waals surface area contributed by atoms with Gasteiger partial charge in [0.05, 0.1) is 13.2 Å². The van der Waals surface area contributed by atoms with Gasteiger partial charge in [-0.2, -0.15) is 0 Å². The highest BCUT2D eigenvalue weighted by atomic mass is 127. The molecular formula is C24H40IN3O4. The van der Waals surface area contributed by atoms with Gasteiger partial charge in [-0.1, -0.05) is 0 Å².